The largest absolute Gasteiger partial charge is 0.363 e. The van der Waals surface area contributed by atoms with E-state index in [-0.39, 0.29) is 11.5 Å². The predicted octanol–water partition coefficient (Wildman–Crippen LogP) is -2.30. The molecule has 0 unspecified atom stereocenters. The Kier molecular flexibility index (Phi) is 1.22. The second-order valence-corrected chi connectivity index (χ2v) is 1.41. The molecule has 0 saturated heterocycles. The number of aromatic amines is 1. The minimum absolute atomic E-state index is 0.0869. The fraction of sp³-hybridized carbons (Fsp3) is 0. The molecular formula is C3H3BN4O. The number of carbonyl (C=O) groups excluding carboxylic acids is 1. The number of rotatable bonds is 1. The van der Waals surface area contributed by atoms with Crippen LogP contribution in [0.1, 0.15) is 10.6 Å². The van der Waals surface area contributed by atoms with Gasteiger partial charge in [0.25, 0.3) is 5.91 Å². The first-order valence-corrected chi connectivity index (χ1v) is 2.18. The molecule has 1 aromatic rings. The zero-order valence-electron chi connectivity index (χ0n) is 4.46. The Bertz CT molecular complexity index is 231. The summed E-state index contributed by atoms with van der Waals surface area (Å²) in [4.78, 5) is 13.7. The minimum Gasteiger partial charge on any atom is -0.363 e. The van der Waals surface area contributed by atoms with Crippen molar-refractivity contribution >= 4 is 19.5 Å². The van der Waals surface area contributed by atoms with Crippen LogP contribution in [-0.2, 0) is 0 Å². The van der Waals surface area contributed by atoms with Gasteiger partial charge in [0, 0.05) is 0 Å². The Morgan fingerprint density at radius 1 is 1.78 bits per heavy atom. The number of primary amides is 1. The van der Waals surface area contributed by atoms with Crippen molar-refractivity contribution in [3.05, 3.63) is 5.82 Å². The van der Waals surface area contributed by atoms with E-state index >= 15 is 0 Å². The van der Waals surface area contributed by atoms with Crippen LogP contribution in [0.15, 0.2) is 0 Å². The summed E-state index contributed by atoms with van der Waals surface area (Å²) in [7, 11) is 5.08. The number of amides is 1. The number of carbonyl (C=O) groups is 1. The summed E-state index contributed by atoms with van der Waals surface area (Å²) in [5, 5.41) is 5.65. The van der Waals surface area contributed by atoms with Gasteiger partial charge in [-0.2, -0.15) is 0 Å². The fourth-order valence-corrected chi connectivity index (χ4v) is 0.385. The maximum Gasteiger partial charge on any atom is 0.288 e. The topological polar surface area (TPSA) is 84.7 Å². The molecule has 9 heavy (non-hydrogen) atoms. The first-order valence-electron chi connectivity index (χ1n) is 2.18. The molecule has 0 atom stereocenters. The first kappa shape index (κ1) is 5.81. The molecule has 5 nitrogen and oxygen atoms in total. The number of nitrogens with zero attached hydrogens (tertiary/aromatic N) is 2. The minimum atomic E-state index is -0.692. The molecule has 44 valence electrons. The highest BCUT2D eigenvalue weighted by Crippen LogP contribution is 1.76. The number of hydrogen-bond donors (Lipinski definition) is 2. The standard InChI is InChI=1S/C3H3BN4O/c4-3-6-2(1(5)9)7-8-3/h(H2,5,9)(H,6,7,8). The molecular weight excluding hydrogens is 119 g/mol. The van der Waals surface area contributed by atoms with Gasteiger partial charge >= 0.3 is 0 Å². The van der Waals surface area contributed by atoms with Crippen LogP contribution in [0, 0.1) is 0 Å². The molecule has 1 rings (SSSR count). The van der Waals surface area contributed by atoms with Crippen molar-refractivity contribution in [1.29, 1.82) is 0 Å². The summed E-state index contributed by atoms with van der Waals surface area (Å²) < 4.78 is 0. The van der Waals surface area contributed by atoms with Crippen LogP contribution >= 0.6 is 0 Å². The fourth-order valence-electron chi connectivity index (χ4n) is 0.385. The van der Waals surface area contributed by atoms with Crippen LogP contribution in [-0.4, -0.2) is 28.9 Å². The third-order valence-electron chi connectivity index (χ3n) is 0.723. The Hall–Kier alpha value is -1.33. The van der Waals surface area contributed by atoms with Crippen molar-refractivity contribution in [2.75, 3.05) is 0 Å². The Labute approximate surface area is 52.1 Å². The van der Waals surface area contributed by atoms with Crippen molar-refractivity contribution in [2.45, 2.75) is 0 Å². The zero-order chi connectivity index (χ0) is 6.85. The molecule has 0 aliphatic rings. The van der Waals surface area contributed by atoms with Gasteiger partial charge in [0.15, 0.2) is 7.85 Å². The Morgan fingerprint density at radius 3 is 2.67 bits per heavy atom. The monoisotopic (exact) mass is 122 g/mol. The lowest BCUT2D eigenvalue weighted by molar-refractivity contribution is 0.0991. The van der Waals surface area contributed by atoms with Crippen LogP contribution in [0.2, 0.25) is 0 Å². The van der Waals surface area contributed by atoms with Crippen molar-refractivity contribution in [1.82, 2.24) is 15.2 Å². The molecule has 0 aliphatic carbocycles. The van der Waals surface area contributed by atoms with Gasteiger partial charge in [0.1, 0.15) is 0 Å². The van der Waals surface area contributed by atoms with Gasteiger partial charge in [-0.3, -0.25) is 9.89 Å². The van der Waals surface area contributed by atoms with E-state index in [1.807, 2.05) is 0 Å². The van der Waals surface area contributed by atoms with Gasteiger partial charge in [-0.05, 0) is 0 Å². The van der Waals surface area contributed by atoms with Crippen molar-refractivity contribution in [3.8, 4) is 0 Å². The van der Waals surface area contributed by atoms with Crippen LogP contribution in [0.25, 0.3) is 0 Å². The molecule has 1 amide bonds. The van der Waals surface area contributed by atoms with E-state index in [4.69, 9.17) is 13.6 Å². The Balaban J connectivity index is 2.98. The molecule has 2 radical (unpaired) electrons. The Morgan fingerprint density at radius 2 is 2.44 bits per heavy atom. The molecule has 0 saturated carbocycles. The highest BCUT2D eigenvalue weighted by Gasteiger charge is 2.03. The highest BCUT2D eigenvalue weighted by atomic mass is 16.1. The van der Waals surface area contributed by atoms with Gasteiger partial charge in [0.05, 0.1) is 5.72 Å². The van der Waals surface area contributed by atoms with Crippen molar-refractivity contribution in [3.63, 3.8) is 0 Å². The number of nitrogens with one attached hydrogen (secondary N) is 1. The molecule has 3 N–H and O–H groups in total. The maximum absolute atomic E-state index is 10.2. The smallest absolute Gasteiger partial charge is 0.288 e. The van der Waals surface area contributed by atoms with Crippen LogP contribution in [0.4, 0.5) is 0 Å². The molecule has 1 heterocycles. The zero-order valence-corrected chi connectivity index (χ0v) is 4.46. The lowest BCUT2D eigenvalue weighted by atomic mass is 10.1. The average molecular weight is 122 g/mol. The van der Waals surface area contributed by atoms with E-state index in [0.29, 0.717) is 0 Å². The summed E-state index contributed by atoms with van der Waals surface area (Å²) in [6, 6.07) is 0. The lowest BCUT2D eigenvalue weighted by Gasteiger charge is -1.78. The quantitative estimate of drug-likeness (QED) is 0.410. The predicted molar refractivity (Wildman–Crippen MR) is 30.3 cm³/mol. The second-order valence-electron chi connectivity index (χ2n) is 1.41. The van der Waals surface area contributed by atoms with E-state index in [0.717, 1.165) is 0 Å². The number of H-pyrrole nitrogens is 1. The average Bonchev–Trinajstić information content (AvgIpc) is 2.14. The SMILES string of the molecule is [B]c1nc(C(N)=O)n[nH]1. The van der Waals surface area contributed by atoms with E-state index in [1.165, 1.54) is 0 Å². The molecule has 0 aliphatic heterocycles. The second kappa shape index (κ2) is 1.89. The van der Waals surface area contributed by atoms with Gasteiger partial charge in [-0.15, -0.1) is 5.10 Å². The van der Waals surface area contributed by atoms with Gasteiger partial charge in [0.2, 0.25) is 5.82 Å². The lowest BCUT2D eigenvalue weighted by Crippen LogP contribution is -2.14. The normalized spacial score (nSPS) is 9.33. The molecule has 1 aromatic heterocycles. The van der Waals surface area contributed by atoms with Crippen LogP contribution in [0.5, 0.6) is 0 Å². The summed E-state index contributed by atoms with van der Waals surface area (Å²) in [6.07, 6.45) is 0. The van der Waals surface area contributed by atoms with E-state index in [1.54, 1.807) is 0 Å². The molecule has 0 aromatic carbocycles. The summed E-state index contributed by atoms with van der Waals surface area (Å²) in [5.41, 5.74) is 4.87. The summed E-state index contributed by atoms with van der Waals surface area (Å²) >= 11 is 0. The van der Waals surface area contributed by atoms with E-state index < -0.39 is 5.91 Å². The summed E-state index contributed by atoms with van der Waals surface area (Å²) in [6.45, 7) is 0. The first-order chi connectivity index (χ1) is 4.20. The van der Waals surface area contributed by atoms with Crippen molar-refractivity contribution < 1.29 is 4.79 Å². The molecule has 0 bridgehead atoms. The molecule has 0 spiro atoms. The molecule has 6 heteroatoms. The van der Waals surface area contributed by atoms with Crippen molar-refractivity contribution in [2.24, 2.45) is 5.73 Å². The summed E-state index contributed by atoms with van der Waals surface area (Å²) in [5.74, 6) is -0.782. The van der Waals surface area contributed by atoms with E-state index in [9.17, 15) is 4.79 Å². The molecule has 0 fully saturated rings. The van der Waals surface area contributed by atoms with Gasteiger partial charge in [-0.1, -0.05) is 0 Å². The third-order valence-corrected chi connectivity index (χ3v) is 0.723. The third kappa shape index (κ3) is 1.07. The van der Waals surface area contributed by atoms with Gasteiger partial charge in [-0.25, -0.2) is 4.98 Å². The highest BCUT2D eigenvalue weighted by molar-refractivity contribution is 6.29. The number of nitrogens with two attached hydrogens (primary N) is 1. The number of hydrogen-bond acceptors (Lipinski definition) is 3. The number of aromatic nitrogens is 3. The van der Waals surface area contributed by atoms with E-state index in [2.05, 4.69) is 15.2 Å². The maximum atomic E-state index is 10.2. The van der Waals surface area contributed by atoms with Crippen LogP contribution in [0.3, 0.4) is 0 Å². The van der Waals surface area contributed by atoms with Gasteiger partial charge < -0.3 is 5.73 Å². The van der Waals surface area contributed by atoms with Crippen LogP contribution < -0.4 is 11.5 Å².